The molecular weight excluding hydrogens is 430 g/mol. The number of anilines is 2. The number of nitrogens with one attached hydrogen (secondary N) is 3. The molecule has 0 atom stereocenters. The van der Waals surface area contributed by atoms with Gasteiger partial charge in [-0.05, 0) is 70.2 Å². The zero-order valence-electron chi connectivity index (χ0n) is 18.9. The molecule has 176 valence electrons. The molecular formula is C23H27N3O7. The van der Waals surface area contributed by atoms with Crippen LogP contribution in [0, 0.1) is 0 Å². The van der Waals surface area contributed by atoms with Gasteiger partial charge in [0.05, 0.1) is 6.61 Å². The fourth-order valence-corrected chi connectivity index (χ4v) is 2.47. The summed E-state index contributed by atoms with van der Waals surface area (Å²) in [5, 5.41) is 7.71. The van der Waals surface area contributed by atoms with Crippen LogP contribution in [0.25, 0.3) is 0 Å². The van der Waals surface area contributed by atoms with E-state index in [-0.39, 0.29) is 18.9 Å². The Morgan fingerprint density at radius 2 is 1.55 bits per heavy atom. The molecule has 33 heavy (non-hydrogen) atoms. The van der Waals surface area contributed by atoms with E-state index in [1.165, 1.54) is 24.3 Å². The van der Waals surface area contributed by atoms with Crippen molar-refractivity contribution in [1.82, 2.24) is 5.32 Å². The Hall–Kier alpha value is -4.08. The lowest BCUT2D eigenvalue weighted by atomic mass is 10.2. The number of benzene rings is 2. The second-order valence-corrected chi connectivity index (χ2v) is 7.75. The van der Waals surface area contributed by atoms with Crippen molar-refractivity contribution < 1.29 is 33.4 Å². The molecule has 0 aliphatic heterocycles. The quantitative estimate of drug-likeness (QED) is 0.424. The van der Waals surface area contributed by atoms with Gasteiger partial charge in [-0.25, -0.2) is 9.59 Å². The fourth-order valence-electron chi connectivity index (χ4n) is 2.47. The number of carbonyl (C=O) groups is 4. The van der Waals surface area contributed by atoms with Crippen LogP contribution in [0.5, 0.6) is 5.75 Å². The van der Waals surface area contributed by atoms with Gasteiger partial charge in [0.15, 0.2) is 0 Å². The van der Waals surface area contributed by atoms with Crippen molar-refractivity contribution in [3.05, 3.63) is 54.1 Å². The predicted molar refractivity (Wildman–Crippen MR) is 121 cm³/mol. The van der Waals surface area contributed by atoms with Gasteiger partial charge >= 0.3 is 12.2 Å². The molecule has 0 fully saturated rings. The van der Waals surface area contributed by atoms with Gasteiger partial charge in [-0.1, -0.05) is 6.07 Å². The molecule has 10 nitrogen and oxygen atoms in total. The third-order valence-corrected chi connectivity index (χ3v) is 3.78. The van der Waals surface area contributed by atoms with E-state index in [0.717, 1.165) is 0 Å². The van der Waals surface area contributed by atoms with Crippen LogP contribution < -0.4 is 20.7 Å². The van der Waals surface area contributed by atoms with Crippen molar-refractivity contribution in [2.45, 2.75) is 33.3 Å². The number of ether oxygens (including phenoxy) is 3. The molecule has 0 aromatic heterocycles. The summed E-state index contributed by atoms with van der Waals surface area (Å²) < 4.78 is 14.7. The third kappa shape index (κ3) is 9.30. The molecule has 0 heterocycles. The number of alkyl carbamates (subject to hydrolysis) is 1. The second kappa shape index (κ2) is 11.5. The summed E-state index contributed by atoms with van der Waals surface area (Å²) >= 11 is 0. The summed E-state index contributed by atoms with van der Waals surface area (Å²) in [4.78, 5) is 47.5. The van der Waals surface area contributed by atoms with Crippen molar-refractivity contribution in [2.75, 3.05) is 23.8 Å². The fraction of sp³-hybridized carbons (Fsp3) is 0.304. The Kier molecular flexibility index (Phi) is 8.79. The highest BCUT2D eigenvalue weighted by molar-refractivity contribution is 6.04. The molecule has 0 bridgehead atoms. The SMILES string of the molecule is CCOC(=O)Oc1ccc(C(=O)Nc2cccc(NC(=O)CNC(=O)OC(C)(C)C)c2)cc1. The normalized spacial score (nSPS) is 10.5. The molecule has 2 aromatic carbocycles. The standard InChI is InChI=1S/C23H27N3O7/c1-5-31-22(30)32-18-11-9-15(10-12-18)20(28)26-17-8-6-7-16(13-17)25-19(27)14-24-21(29)33-23(2,3)4/h6-13H,5,14H2,1-4H3,(H,24,29)(H,25,27)(H,26,28). The first-order valence-electron chi connectivity index (χ1n) is 10.2. The first kappa shape index (κ1) is 25.2. The van der Waals surface area contributed by atoms with Crippen LogP contribution in [0.15, 0.2) is 48.5 Å². The van der Waals surface area contributed by atoms with E-state index in [2.05, 4.69) is 20.7 Å². The van der Waals surface area contributed by atoms with E-state index in [1.807, 2.05) is 0 Å². The van der Waals surface area contributed by atoms with Crippen LogP contribution >= 0.6 is 0 Å². The van der Waals surface area contributed by atoms with E-state index < -0.39 is 29.7 Å². The van der Waals surface area contributed by atoms with Gasteiger partial charge in [0.25, 0.3) is 5.91 Å². The van der Waals surface area contributed by atoms with Gasteiger partial charge < -0.3 is 30.2 Å². The summed E-state index contributed by atoms with van der Waals surface area (Å²) in [5.74, 6) is -0.607. The highest BCUT2D eigenvalue weighted by Gasteiger charge is 2.16. The Morgan fingerprint density at radius 3 is 2.15 bits per heavy atom. The number of amides is 3. The molecule has 3 amide bonds. The molecule has 0 saturated carbocycles. The predicted octanol–water partition coefficient (Wildman–Crippen LogP) is 3.94. The smallest absolute Gasteiger partial charge is 0.444 e. The molecule has 0 aliphatic rings. The van der Waals surface area contributed by atoms with Crippen molar-refractivity contribution in [3.63, 3.8) is 0 Å². The lowest BCUT2D eigenvalue weighted by molar-refractivity contribution is -0.115. The number of carbonyl (C=O) groups excluding carboxylic acids is 4. The highest BCUT2D eigenvalue weighted by Crippen LogP contribution is 2.18. The monoisotopic (exact) mass is 457 g/mol. The van der Waals surface area contributed by atoms with Gasteiger partial charge in [-0.3, -0.25) is 9.59 Å². The minimum Gasteiger partial charge on any atom is -0.444 e. The molecule has 0 saturated heterocycles. The summed E-state index contributed by atoms with van der Waals surface area (Å²) in [5.41, 5.74) is 0.551. The topological polar surface area (TPSA) is 132 Å². The molecule has 0 unspecified atom stereocenters. The van der Waals surface area contributed by atoms with Gasteiger partial charge in [0.1, 0.15) is 17.9 Å². The summed E-state index contributed by atoms with van der Waals surface area (Å²) in [6, 6.07) is 12.5. The van der Waals surface area contributed by atoms with Gasteiger partial charge in [-0.15, -0.1) is 0 Å². The van der Waals surface area contributed by atoms with Crippen molar-refractivity contribution >= 4 is 35.4 Å². The number of hydrogen-bond donors (Lipinski definition) is 3. The first-order chi connectivity index (χ1) is 15.6. The molecule has 3 N–H and O–H groups in total. The lowest BCUT2D eigenvalue weighted by Crippen LogP contribution is -2.37. The molecule has 0 spiro atoms. The minimum atomic E-state index is -0.824. The zero-order valence-corrected chi connectivity index (χ0v) is 18.9. The summed E-state index contributed by atoms with van der Waals surface area (Å²) in [7, 11) is 0. The molecule has 0 aliphatic carbocycles. The number of rotatable bonds is 7. The van der Waals surface area contributed by atoms with Crippen LogP contribution in [0.1, 0.15) is 38.1 Å². The van der Waals surface area contributed by atoms with E-state index in [0.29, 0.717) is 16.9 Å². The van der Waals surface area contributed by atoms with Crippen LogP contribution in [0.3, 0.4) is 0 Å². The van der Waals surface area contributed by atoms with E-state index in [4.69, 9.17) is 9.47 Å². The Balaban J connectivity index is 1.90. The Labute approximate surface area is 191 Å². The van der Waals surface area contributed by atoms with Gasteiger partial charge in [-0.2, -0.15) is 0 Å². The average molecular weight is 457 g/mol. The van der Waals surface area contributed by atoms with Crippen molar-refractivity contribution in [1.29, 1.82) is 0 Å². The van der Waals surface area contributed by atoms with E-state index in [9.17, 15) is 19.2 Å². The summed E-state index contributed by atoms with van der Waals surface area (Å²) in [6.07, 6.45) is -1.52. The van der Waals surface area contributed by atoms with Crippen LogP contribution in [0.4, 0.5) is 21.0 Å². The zero-order chi connectivity index (χ0) is 24.4. The van der Waals surface area contributed by atoms with E-state index in [1.54, 1.807) is 52.0 Å². The molecule has 2 rings (SSSR count). The Bertz CT molecular complexity index is 998. The van der Waals surface area contributed by atoms with Gasteiger partial charge in [0, 0.05) is 16.9 Å². The molecule has 10 heteroatoms. The highest BCUT2D eigenvalue weighted by atomic mass is 16.7. The number of hydrogen-bond acceptors (Lipinski definition) is 7. The minimum absolute atomic E-state index is 0.194. The maximum atomic E-state index is 12.5. The third-order valence-electron chi connectivity index (χ3n) is 3.78. The maximum Gasteiger partial charge on any atom is 0.513 e. The molecule has 0 radical (unpaired) electrons. The van der Waals surface area contributed by atoms with Crippen LogP contribution in [0.2, 0.25) is 0 Å². The van der Waals surface area contributed by atoms with Gasteiger partial charge in [0.2, 0.25) is 5.91 Å². The largest absolute Gasteiger partial charge is 0.513 e. The van der Waals surface area contributed by atoms with E-state index >= 15 is 0 Å². The summed E-state index contributed by atoms with van der Waals surface area (Å²) in [6.45, 7) is 6.75. The average Bonchev–Trinajstić information content (AvgIpc) is 2.72. The van der Waals surface area contributed by atoms with Crippen molar-refractivity contribution in [3.8, 4) is 5.75 Å². The first-order valence-corrected chi connectivity index (χ1v) is 10.2. The van der Waals surface area contributed by atoms with Crippen LogP contribution in [-0.4, -0.2) is 42.8 Å². The van der Waals surface area contributed by atoms with Crippen molar-refractivity contribution in [2.24, 2.45) is 0 Å². The Morgan fingerprint density at radius 1 is 0.909 bits per heavy atom. The second-order valence-electron chi connectivity index (χ2n) is 7.75. The maximum absolute atomic E-state index is 12.5. The van der Waals surface area contributed by atoms with Crippen LogP contribution in [-0.2, 0) is 14.3 Å². The molecule has 2 aromatic rings. The lowest BCUT2D eigenvalue weighted by Gasteiger charge is -2.19.